The molecule has 0 saturated heterocycles. The monoisotopic (exact) mass is 248 g/mol. The number of rotatable bonds is 1. The number of carbonyl (C=O) groups is 1. The Morgan fingerprint density at radius 2 is 1.53 bits per heavy atom. The summed E-state index contributed by atoms with van der Waals surface area (Å²) in [6.45, 7) is 0. The van der Waals surface area contributed by atoms with Crippen LogP contribution in [0.15, 0.2) is 65.7 Å². The summed E-state index contributed by atoms with van der Waals surface area (Å²) in [6.07, 6.45) is 3.31. The van der Waals surface area contributed by atoms with Gasteiger partial charge in [0.1, 0.15) is 0 Å². The van der Waals surface area contributed by atoms with Crippen LogP contribution in [-0.4, -0.2) is 11.5 Å². The molecule has 0 aliphatic heterocycles. The van der Waals surface area contributed by atoms with E-state index in [9.17, 15) is 4.79 Å². The van der Waals surface area contributed by atoms with Crippen LogP contribution in [0.1, 0.15) is 15.9 Å². The lowest BCUT2D eigenvalue weighted by atomic mass is 9.94. The van der Waals surface area contributed by atoms with Gasteiger partial charge in [0, 0.05) is 16.8 Å². The number of nitrogens with two attached hydrogens (primary N) is 1. The fourth-order valence-electron chi connectivity index (χ4n) is 2.04. The SMILES string of the molecule is Nc1ccc(N=C2C=CC(=O)c3ccccc32)cc1. The molecular weight excluding hydrogens is 236 g/mol. The van der Waals surface area contributed by atoms with Gasteiger partial charge in [-0.2, -0.15) is 0 Å². The van der Waals surface area contributed by atoms with E-state index in [4.69, 9.17) is 5.73 Å². The van der Waals surface area contributed by atoms with Gasteiger partial charge in [-0.15, -0.1) is 0 Å². The van der Waals surface area contributed by atoms with Gasteiger partial charge in [-0.25, -0.2) is 4.99 Å². The average Bonchev–Trinajstić information content (AvgIpc) is 2.45. The fraction of sp³-hybridized carbons (Fsp3) is 0. The summed E-state index contributed by atoms with van der Waals surface area (Å²) >= 11 is 0. The number of nitrogen functional groups attached to an aromatic ring is 1. The van der Waals surface area contributed by atoms with Gasteiger partial charge in [-0.1, -0.05) is 24.3 Å². The first-order valence-corrected chi connectivity index (χ1v) is 6.00. The largest absolute Gasteiger partial charge is 0.399 e. The van der Waals surface area contributed by atoms with Crippen molar-refractivity contribution < 1.29 is 4.79 Å². The maximum absolute atomic E-state index is 11.8. The molecule has 2 aromatic rings. The maximum Gasteiger partial charge on any atom is 0.186 e. The van der Waals surface area contributed by atoms with Gasteiger partial charge in [0.25, 0.3) is 0 Å². The van der Waals surface area contributed by atoms with Crippen molar-refractivity contribution in [2.75, 3.05) is 5.73 Å². The molecule has 1 aliphatic rings. The van der Waals surface area contributed by atoms with E-state index >= 15 is 0 Å². The predicted molar refractivity (Wildman–Crippen MR) is 77.0 cm³/mol. The third-order valence-electron chi connectivity index (χ3n) is 3.00. The van der Waals surface area contributed by atoms with E-state index in [1.165, 1.54) is 0 Å². The molecule has 0 fully saturated rings. The van der Waals surface area contributed by atoms with E-state index < -0.39 is 0 Å². The number of carbonyl (C=O) groups excluding carboxylic acids is 1. The van der Waals surface area contributed by atoms with Gasteiger partial charge in [0.15, 0.2) is 5.78 Å². The van der Waals surface area contributed by atoms with Gasteiger partial charge in [0.2, 0.25) is 0 Å². The molecule has 2 aromatic carbocycles. The number of hydrogen-bond acceptors (Lipinski definition) is 3. The standard InChI is InChI=1S/C16H12N2O/c17-11-5-7-12(8-6-11)18-15-9-10-16(19)14-4-2-1-3-13(14)15/h1-10H,17H2. The number of anilines is 1. The summed E-state index contributed by atoms with van der Waals surface area (Å²) in [5.74, 6) is 0.0202. The molecule has 92 valence electrons. The van der Waals surface area contributed by atoms with Crippen LogP contribution in [0.4, 0.5) is 11.4 Å². The van der Waals surface area contributed by atoms with E-state index in [1.807, 2.05) is 48.5 Å². The first-order chi connectivity index (χ1) is 9.24. The molecule has 0 amide bonds. The Morgan fingerprint density at radius 1 is 0.842 bits per heavy atom. The van der Waals surface area contributed by atoms with Crippen LogP contribution in [0.2, 0.25) is 0 Å². The second-order valence-corrected chi connectivity index (χ2v) is 4.33. The van der Waals surface area contributed by atoms with E-state index in [2.05, 4.69) is 4.99 Å². The molecule has 0 spiro atoms. The molecule has 0 saturated carbocycles. The van der Waals surface area contributed by atoms with Crippen molar-refractivity contribution in [2.45, 2.75) is 0 Å². The van der Waals surface area contributed by atoms with Gasteiger partial charge in [0.05, 0.1) is 11.4 Å². The summed E-state index contributed by atoms with van der Waals surface area (Å²) in [5, 5.41) is 0. The Hall–Kier alpha value is -2.68. The Labute approximate surface area is 111 Å². The highest BCUT2D eigenvalue weighted by Gasteiger charge is 2.16. The number of benzene rings is 2. The van der Waals surface area contributed by atoms with Gasteiger partial charge < -0.3 is 5.73 Å². The van der Waals surface area contributed by atoms with Crippen LogP contribution in [-0.2, 0) is 0 Å². The van der Waals surface area contributed by atoms with Gasteiger partial charge in [-0.3, -0.25) is 4.79 Å². The molecule has 0 bridgehead atoms. The summed E-state index contributed by atoms with van der Waals surface area (Å²) in [4.78, 5) is 16.3. The highest BCUT2D eigenvalue weighted by Crippen LogP contribution is 2.21. The molecule has 3 rings (SSSR count). The molecule has 0 aromatic heterocycles. The van der Waals surface area contributed by atoms with E-state index in [0.29, 0.717) is 11.3 Å². The number of fused-ring (bicyclic) bond motifs is 1. The lowest BCUT2D eigenvalue weighted by Crippen LogP contribution is -2.11. The number of hydrogen-bond donors (Lipinski definition) is 1. The second-order valence-electron chi connectivity index (χ2n) is 4.33. The normalized spacial score (nSPS) is 15.6. The minimum absolute atomic E-state index is 0.0202. The highest BCUT2D eigenvalue weighted by atomic mass is 16.1. The predicted octanol–water partition coefficient (Wildman–Crippen LogP) is 3.14. The number of ketones is 1. The molecule has 0 unspecified atom stereocenters. The number of aliphatic imine (C=N–C) groups is 1. The van der Waals surface area contributed by atoms with Crippen LogP contribution >= 0.6 is 0 Å². The third kappa shape index (κ3) is 2.18. The zero-order valence-electron chi connectivity index (χ0n) is 10.2. The van der Waals surface area contributed by atoms with Crippen LogP contribution < -0.4 is 5.73 Å². The Bertz CT molecular complexity index is 697. The van der Waals surface area contributed by atoms with Gasteiger partial charge >= 0.3 is 0 Å². The Morgan fingerprint density at radius 3 is 2.26 bits per heavy atom. The van der Waals surface area contributed by atoms with E-state index in [-0.39, 0.29) is 5.78 Å². The molecule has 0 heterocycles. The Balaban J connectivity index is 2.08. The maximum atomic E-state index is 11.8. The smallest absolute Gasteiger partial charge is 0.186 e. The second kappa shape index (κ2) is 4.53. The van der Waals surface area contributed by atoms with Crippen molar-refractivity contribution in [3.05, 3.63) is 71.8 Å². The third-order valence-corrected chi connectivity index (χ3v) is 3.00. The van der Waals surface area contributed by atoms with Crippen molar-refractivity contribution in [2.24, 2.45) is 4.99 Å². The fourth-order valence-corrected chi connectivity index (χ4v) is 2.04. The molecule has 2 N–H and O–H groups in total. The summed E-state index contributed by atoms with van der Waals surface area (Å²) in [7, 11) is 0. The molecule has 0 atom stereocenters. The first kappa shape index (κ1) is 11.4. The zero-order chi connectivity index (χ0) is 13.2. The highest BCUT2D eigenvalue weighted by molar-refractivity contribution is 6.24. The molecule has 19 heavy (non-hydrogen) atoms. The lowest BCUT2D eigenvalue weighted by Gasteiger charge is -2.11. The van der Waals surface area contributed by atoms with Gasteiger partial charge in [-0.05, 0) is 36.4 Å². The van der Waals surface area contributed by atoms with Crippen LogP contribution in [0.3, 0.4) is 0 Å². The summed E-state index contributed by atoms with van der Waals surface area (Å²) in [5.41, 5.74) is 9.52. The summed E-state index contributed by atoms with van der Waals surface area (Å²) in [6, 6.07) is 14.8. The molecule has 3 nitrogen and oxygen atoms in total. The van der Waals surface area contributed by atoms with Crippen molar-refractivity contribution >= 4 is 22.9 Å². The molecular formula is C16H12N2O. The first-order valence-electron chi connectivity index (χ1n) is 6.00. The van der Waals surface area contributed by atoms with Crippen molar-refractivity contribution in [1.29, 1.82) is 0 Å². The molecule has 3 heteroatoms. The Kier molecular flexibility index (Phi) is 2.72. The average molecular weight is 248 g/mol. The van der Waals surface area contributed by atoms with Crippen LogP contribution in [0.5, 0.6) is 0 Å². The quantitative estimate of drug-likeness (QED) is 0.788. The molecule has 1 aliphatic carbocycles. The topological polar surface area (TPSA) is 55.4 Å². The van der Waals surface area contributed by atoms with Crippen LogP contribution in [0.25, 0.3) is 0 Å². The minimum atomic E-state index is 0.0202. The zero-order valence-corrected chi connectivity index (χ0v) is 10.2. The van der Waals surface area contributed by atoms with Crippen molar-refractivity contribution in [3.63, 3.8) is 0 Å². The number of nitrogens with zero attached hydrogens (tertiary/aromatic N) is 1. The number of allylic oxidation sites excluding steroid dienone is 2. The molecule has 0 radical (unpaired) electrons. The lowest BCUT2D eigenvalue weighted by molar-refractivity contribution is 0.104. The van der Waals surface area contributed by atoms with E-state index in [0.717, 1.165) is 17.0 Å². The van der Waals surface area contributed by atoms with E-state index in [1.54, 1.807) is 12.2 Å². The minimum Gasteiger partial charge on any atom is -0.399 e. The van der Waals surface area contributed by atoms with Crippen molar-refractivity contribution in [1.82, 2.24) is 0 Å². The van der Waals surface area contributed by atoms with Crippen LogP contribution in [0, 0.1) is 0 Å². The summed E-state index contributed by atoms with van der Waals surface area (Å²) < 4.78 is 0. The van der Waals surface area contributed by atoms with Crippen molar-refractivity contribution in [3.8, 4) is 0 Å².